The highest BCUT2D eigenvalue weighted by Crippen LogP contribution is 2.38. The van der Waals surface area contributed by atoms with Crippen LogP contribution in [0.2, 0.25) is 18.1 Å². The molecule has 2 nitrogen and oxygen atoms in total. The molecule has 0 bridgehead atoms. The van der Waals surface area contributed by atoms with Crippen molar-refractivity contribution in [1.29, 1.82) is 0 Å². The van der Waals surface area contributed by atoms with Crippen LogP contribution in [-0.2, 0) is 9.22 Å². The van der Waals surface area contributed by atoms with Crippen LogP contribution in [0.1, 0.15) is 53.9 Å². The minimum Gasteiger partial charge on any atom is -0.417 e. The number of Topliss-reactive ketones (excluding diaryl/α,β-unsaturated/α-hetero) is 1. The highest BCUT2D eigenvalue weighted by atomic mass is 28.4. The van der Waals surface area contributed by atoms with E-state index in [9.17, 15) is 4.79 Å². The van der Waals surface area contributed by atoms with E-state index >= 15 is 0 Å². The van der Waals surface area contributed by atoms with E-state index in [4.69, 9.17) is 4.43 Å². The Morgan fingerprint density at radius 1 is 1.32 bits per heavy atom. The van der Waals surface area contributed by atoms with Crippen LogP contribution < -0.4 is 0 Å². The van der Waals surface area contributed by atoms with E-state index in [2.05, 4.69) is 39.9 Å². The molecule has 1 rings (SSSR count). The third-order valence-electron chi connectivity index (χ3n) is 4.90. The van der Waals surface area contributed by atoms with Gasteiger partial charge in [-0.2, -0.15) is 0 Å². The summed E-state index contributed by atoms with van der Waals surface area (Å²) in [6.45, 7) is 16.2. The first-order chi connectivity index (χ1) is 8.48. The second-order valence-electron chi connectivity index (χ2n) is 7.67. The summed E-state index contributed by atoms with van der Waals surface area (Å²) >= 11 is 0. The van der Waals surface area contributed by atoms with Crippen molar-refractivity contribution >= 4 is 14.1 Å². The Morgan fingerprint density at radius 2 is 1.89 bits per heavy atom. The molecule has 1 aliphatic rings. The van der Waals surface area contributed by atoms with E-state index < -0.39 is 8.32 Å². The van der Waals surface area contributed by atoms with Crippen molar-refractivity contribution in [1.82, 2.24) is 0 Å². The molecule has 0 unspecified atom stereocenters. The fourth-order valence-corrected chi connectivity index (χ4v) is 3.22. The van der Waals surface area contributed by atoms with Crippen molar-refractivity contribution in [2.45, 2.75) is 72.0 Å². The fourth-order valence-electron chi connectivity index (χ4n) is 2.17. The van der Waals surface area contributed by atoms with Crippen LogP contribution in [0.5, 0.6) is 0 Å². The second-order valence-corrected chi connectivity index (χ2v) is 12.5. The lowest BCUT2D eigenvalue weighted by molar-refractivity contribution is -0.125. The Labute approximate surface area is 119 Å². The highest BCUT2D eigenvalue weighted by Gasteiger charge is 2.38. The molecule has 0 aromatic rings. The summed E-state index contributed by atoms with van der Waals surface area (Å²) in [5.41, 5.74) is 0.983. The monoisotopic (exact) mass is 282 g/mol. The lowest BCUT2D eigenvalue weighted by Gasteiger charge is -2.37. The Kier molecular flexibility index (Phi) is 4.84. The first-order valence-electron chi connectivity index (χ1n) is 7.35. The topological polar surface area (TPSA) is 26.3 Å². The van der Waals surface area contributed by atoms with Gasteiger partial charge in [0.2, 0.25) is 0 Å². The van der Waals surface area contributed by atoms with Crippen molar-refractivity contribution in [3.05, 3.63) is 11.6 Å². The third-order valence-corrected chi connectivity index (χ3v) is 9.44. The van der Waals surface area contributed by atoms with Gasteiger partial charge in [0.05, 0.1) is 0 Å². The number of ketones is 1. The molecule has 1 aliphatic carbocycles. The molecule has 0 aliphatic heterocycles. The van der Waals surface area contributed by atoms with Crippen LogP contribution in [0.15, 0.2) is 11.6 Å². The zero-order chi connectivity index (χ0) is 14.9. The van der Waals surface area contributed by atoms with Crippen molar-refractivity contribution in [2.24, 2.45) is 5.41 Å². The van der Waals surface area contributed by atoms with Crippen molar-refractivity contribution in [3.8, 4) is 0 Å². The highest BCUT2D eigenvalue weighted by molar-refractivity contribution is 6.74. The van der Waals surface area contributed by atoms with Gasteiger partial charge in [-0.3, -0.25) is 4.79 Å². The standard InChI is InChI=1S/C16H30O2Si/c1-15(2,3)19(6,7)18-12-11-13-9-8-10-14(17)16(13,4)5/h9H,8,10-12H2,1-7H3. The number of hydrogen-bond donors (Lipinski definition) is 0. The summed E-state index contributed by atoms with van der Waals surface area (Å²) in [4.78, 5) is 12.0. The van der Waals surface area contributed by atoms with Crippen LogP contribution in [0, 0.1) is 5.41 Å². The van der Waals surface area contributed by atoms with Gasteiger partial charge in [-0.15, -0.1) is 0 Å². The van der Waals surface area contributed by atoms with Crippen molar-refractivity contribution < 1.29 is 9.22 Å². The van der Waals surface area contributed by atoms with E-state index in [-0.39, 0.29) is 10.5 Å². The Morgan fingerprint density at radius 3 is 2.42 bits per heavy atom. The molecule has 3 heteroatoms. The molecule has 0 heterocycles. The molecule has 0 amide bonds. The molecule has 0 fully saturated rings. The lowest BCUT2D eigenvalue weighted by Crippen LogP contribution is -2.41. The Bertz CT molecular complexity index is 373. The maximum absolute atomic E-state index is 12.0. The maximum atomic E-state index is 12.0. The first-order valence-corrected chi connectivity index (χ1v) is 10.3. The van der Waals surface area contributed by atoms with Crippen molar-refractivity contribution in [3.63, 3.8) is 0 Å². The molecule has 0 N–H and O–H groups in total. The number of carbonyl (C=O) groups excluding carboxylic acids is 1. The Balaban J connectivity index is 2.59. The van der Waals surface area contributed by atoms with Crippen LogP contribution in [-0.4, -0.2) is 20.7 Å². The smallest absolute Gasteiger partial charge is 0.191 e. The maximum Gasteiger partial charge on any atom is 0.191 e. The summed E-state index contributed by atoms with van der Waals surface area (Å²) in [6, 6.07) is 0. The molecular weight excluding hydrogens is 252 g/mol. The predicted octanol–water partition coefficient (Wildman–Crippen LogP) is 4.71. The van der Waals surface area contributed by atoms with Gasteiger partial charge < -0.3 is 4.43 Å². The molecule has 0 saturated heterocycles. The average molecular weight is 282 g/mol. The zero-order valence-electron chi connectivity index (χ0n) is 13.7. The number of carbonyl (C=O) groups is 1. The molecule has 0 aromatic carbocycles. The Hall–Kier alpha value is -0.413. The number of hydrogen-bond acceptors (Lipinski definition) is 2. The molecule has 0 saturated carbocycles. The third kappa shape index (κ3) is 3.79. The van der Waals surface area contributed by atoms with Gasteiger partial charge in [0.15, 0.2) is 8.32 Å². The summed E-state index contributed by atoms with van der Waals surface area (Å²) < 4.78 is 6.21. The first kappa shape index (κ1) is 16.6. The quantitative estimate of drug-likeness (QED) is 0.551. The SMILES string of the molecule is CC1(C)C(=O)CCC=C1CCO[Si](C)(C)C(C)(C)C. The van der Waals surface area contributed by atoms with E-state index in [1.807, 2.05) is 13.8 Å². The van der Waals surface area contributed by atoms with E-state index in [1.54, 1.807) is 0 Å². The molecule has 110 valence electrons. The molecule has 19 heavy (non-hydrogen) atoms. The fraction of sp³-hybridized carbons (Fsp3) is 0.812. The van der Waals surface area contributed by atoms with Gasteiger partial charge in [0.25, 0.3) is 0 Å². The lowest BCUT2D eigenvalue weighted by atomic mass is 9.73. The molecular formula is C16H30O2Si. The predicted molar refractivity (Wildman–Crippen MR) is 83.9 cm³/mol. The van der Waals surface area contributed by atoms with Gasteiger partial charge in [0.1, 0.15) is 5.78 Å². The zero-order valence-corrected chi connectivity index (χ0v) is 14.7. The van der Waals surface area contributed by atoms with E-state index in [1.165, 1.54) is 5.57 Å². The van der Waals surface area contributed by atoms with Gasteiger partial charge in [0, 0.05) is 18.4 Å². The van der Waals surface area contributed by atoms with Gasteiger partial charge >= 0.3 is 0 Å². The van der Waals surface area contributed by atoms with Crippen LogP contribution in [0.3, 0.4) is 0 Å². The van der Waals surface area contributed by atoms with Crippen molar-refractivity contribution in [2.75, 3.05) is 6.61 Å². The summed E-state index contributed by atoms with van der Waals surface area (Å²) in [6.07, 6.45) is 4.74. The summed E-state index contributed by atoms with van der Waals surface area (Å²) in [5.74, 6) is 0.373. The van der Waals surface area contributed by atoms with Crippen LogP contribution in [0.4, 0.5) is 0 Å². The number of rotatable bonds is 4. The summed E-state index contributed by atoms with van der Waals surface area (Å²) in [7, 11) is -1.66. The molecule has 0 spiro atoms. The molecule has 0 atom stereocenters. The van der Waals surface area contributed by atoms with Gasteiger partial charge in [-0.25, -0.2) is 0 Å². The minimum atomic E-state index is -1.66. The van der Waals surface area contributed by atoms with Gasteiger partial charge in [-0.1, -0.05) is 32.4 Å². The van der Waals surface area contributed by atoms with Crippen LogP contribution >= 0.6 is 0 Å². The number of allylic oxidation sites excluding steroid dienone is 1. The second kappa shape index (κ2) is 5.53. The van der Waals surface area contributed by atoms with E-state index in [0.717, 1.165) is 19.4 Å². The van der Waals surface area contributed by atoms with E-state index in [0.29, 0.717) is 12.2 Å². The normalized spacial score (nSPS) is 20.4. The molecule has 0 radical (unpaired) electrons. The summed E-state index contributed by atoms with van der Waals surface area (Å²) in [5, 5.41) is 0.249. The molecule has 0 aromatic heterocycles. The largest absolute Gasteiger partial charge is 0.417 e. The average Bonchev–Trinajstić information content (AvgIpc) is 2.23. The van der Waals surface area contributed by atoms with Gasteiger partial charge in [-0.05, 0) is 44.8 Å². The van der Waals surface area contributed by atoms with Crippen LogP contribution in [0.25, 0.3) is 0 Å². The minimum absolute atomic E-state index is 0.249.